The molecule has 0 spiro atoms. The number of aromatic nitrogens is 2. The van der Waals surface area contributed by atoms with Gasteiger partial charge in [-0.15, -0.1) is 6.58 Å². The zero-order chi connectivity index (χ0) is 22.9. The molecule has 0 aliphatic rings. The molecule has 1 aromatic heterocycles. The Balaban J connectivity index is 1.84. The summed E-state index contributed by atoms with van der Waals surface area (Å²) >= 11 is 1.71. The van der Waals surface area contributed by atoms with Gasteiger partial charge >= 0.3 is 0 Å². The second-order valence-corrected chi connectivity index (χ2v) is 14.4. The summed E-state index contributed by atoms with van der Waals surface area (Å²) in [6.07, 6.45) is 7.58. The second kappa shape index (κ2) is 11.6. The molecule has 0 saturated carbocycles. The predicted octanol–water partition coefficient (Wildman–Crippen LogP) is 5.73. The van der Waals surface area contributed by atoms with Gasteiger partial charge in [0.05, 0.1) is 0 Å². The van der Waals surface area contributed by atoms with E-state index in [-0.39, 0.29) is 5.04 Å². The third kappa shape index (κ3) is 5.97. The van der Waals surface area contributed by atoms with Crippen molar-refractivity contribution in [3.63, 3.8) is 0 Å². The maximum atomic E-state index is 7.13. The average Bonchev–Trinajstić information content (AvgIpc) is 2.80. The fourth-order valence-electron chi connectivity index (χ4n) is 4.19. The van der Waals surface area contributed by atoms with Crippen molar-refractivity contribution in [3.05, 3.63) is 91.8 Å². The van der Waals surface area contributed by atoms with Crippen LogP contribution in [0, 0.1) is 5.92 Å². The number of hydrogen-bond acceptors (Lipinski definition) is 4. The van der Waals surface area contributed by atoms with Crippen molar-refractivity contribution in [3.8, 4) is 0 Å². The lowest BCUT2D eigenvalue weighted by Crippen LogP contribution is -2.66. The molecule has 3 aromatic rings. The summed E-state index contributed by atoms with van der Waals surface area (Å²) in [5, 5.41) is 3.46. The maximum Gasteiger partial charge on any atom is 0.261 e. The third-order valence-electron chi connectivity index (χ3n) is 5.75. The van der Waals surface area contributed by atoms with Crippen LogP contribution < -0.4 is 10.4 Å². The molecule has 1 heterocycles. The highest BCUT2D eigenvalue weighted by atomic mass is 32.2. The van der Waals surface area contributed by atoms with Gasteiger partial charge in [0.2, 0.25) is 0 Å². The molecule has 3 nitrogen and oxygen atoms in total. The summed E-state index contributed by atoms with van der Waals surface area (Å²) < 4.78 is 7.13. The van der Waals surface area contributed by atoms with Crippen LogP contribution in [0.4, 0.5) is 0 Å². The zero-order valence-electron chi connectivity index (χ0n) is 19.4. The Bertz CT molecular complexity index is 906. The first-order chi connectivity index (χ1) is 15.5. The van der Waals surface area contributed by atoms with E-state index in [9.17, 15) is 0 Å². The van der Waals surface area contributed by atoms with Crippen LogP contribution in [0.3, 0.4) is 0 Å². The summed E-state index contributed by atoms with van der Waals surface area (Å²) in [6, 6.07) is 23.5. The van der Waals surface area contributed by atoms with Gasteiger partial charge in [-0.3, -0.25) is 0 Å². The van der Waals surface area contributed by atoms with Gasteiger partial charge in [-0.05, 0) is 40.2 Å². The molecule has 168 valence electrons. The fraction of sp³-hybridized carbons (Fsp3) is 0.333. The number of nitrogens with zero attached hydrogens (tertiary/aromatic N) is 2. The van der Waals surface area contributed by atoms with Gasteiger partial charge in [-0.25, -0.2) is 9.97 Å². The van der Waals surface area contributed by atoms with E-state index in [2.05, 4.69) is 98.0 Å². The molecule has 0 unspecified atom stereocenters. The van der Waals surface area contributed by atoms with E-state index >= 15 is 0 Å². The second-order valence-electron chi connectivity index (χ2n) is 9.03. The van der Waals surface area contributed by atoms with E-state index in [1.165, 1.54) is 10.4 Å². The molecule has 0 N–H and O–H groups in total. The summed E-state index contributed by atoms with van der Waals surface area (Å²) in [5.74, 6) is 1.37. The van der Waals surface area contributed by atoms with Gasteiger partial charge < -0.3 is 4.43 Å². The Hall–Kier alpha value is -2.21. The van der Waals surface area contributed by atoms with Gasteiger partial charge in [-0.1, -0.05) is 99.3 Å². The number of thioether (sulfide) groups is 1. The Morgan fingerprint density at radius 3 is 2.00 bits per heavy atom. The van der Waals surface area contributed by atoms with Crippen LogP contribution >= 0.6 is 11.8 Å². The van der Waals surface area contributed by atoms with Gasteiger partial charge in [0.1, 0.15) is 0 Å². The predicted molar refractivity (Wildman–Crippen MR) is 139 cm³/mol. The molecule has 0 fully saturated rings. The average molecular weight is 463 g/mol. The molecule has 0 aliphatic heterocycles. The van der Waals surface area contributed by atoms with Crippen LogP contribution in [0.2, 0.25) is 5.04 Å². The first kappa shape index (κ1) is 24.4. The minimum absolute atomic E-state index is 0.0128. The molecule has 1 atom stereocenters. The molecule has 32 heavy (non-hydrogen) atoms. The van der Waals surface area contributed by atoms with Crippen LogP contribution in [0.15, 0.2) is 96.9 Å². The summed E-state index contributed by atoms with van der Waals surface area (Å²) in [5.41, 5.74) is 0. The molecule has 0 bridgehead atoms. The van der Waals surface area contributed by atoms with Crippen LogP contribution in [0.1, 0.15) is 33.6 Å². The Labute approximate surface area is 198 Å². The Kier molecular flexibility index (Phi) is 8.85. The van der Waals surface area contributed by atoms with Crippen molar-refractivity contribution in [1.82, 2.24) is 9.97 Å². The van der Waals surface area contributed by atoms with Crippen LogP contribution in [-0.4, -0.2) is 30.6 Å². The number of rotatable bonds is 11. The molecular weight excluding hydrogens is 428 g/mol. The van der Waals surface area contributed by atoms with Crippen molar-refractivity contribution in [2.75, 3.05) is 12.4 Å². The van der Waals surface area contributed by atoms with Crippen molar-refractivity contribution in [2.45, 2.75) is 43.8 Å². The highest BCUT2D eigenvalue weighted by Gasteiger charge is 2.50. The minimum atomic E-state index is -2.51. The van der Waals surface area contributed by atoms with E-state index in [1.807, 2.05) is 12.1 Å². The zero-order valence-corrected chi connectivity index (χ0v) is 21.2. The van der Waals surface area contributed by atoms with Crippen molar-refractivity contribution in [1.29, 1.82) is 0 Å². The fourth-order valence-corrected chi connectivity index (χ4v) is 9.73. The van der Waals surface area contributed by atoms with E-state index in [4.69, 9.17) is 4.43 Å². The quantitative estimate of drug-likeness (QED) is 0.158. The summed E-state index contributed by atoms with van der Waals surface area (Å²) in [6.45, 7) is 11.7. The number of allylic oxidation sites excluding steroid dienone is 1. The molecule has 2 aromatic carbocycles. The Morgan fingerprint density at radius 1 is 0.938 bits per heavy atom. The molecule has 3 rings (SSSR count). The highest BCUT2D eigenvalue weighted by Crippen LogP contribution is 2.37. The van der Waals surface area contributed by atoms with Gasteiger partial charge in [0.15, 0.2) is 5.16 Å². The molecule has 0 saturated heterocycles. The van der Waals surface area contributed by atoms with Gasteiger partial charge in [0.25, 0.3) is 8.32 Å². The standard InChI is InChI=1S/C27H34N2OSSi/c1-5-13-23(18-21-31-26-28-19-12-20-29-26)22-30-32(27(2,3)4,24-14-8-6-9-15-24)25-16-10-7-11-17-25/h5-12,14-17,19-20,23H,1,13,18,21-22H2,2-4H3/t23-/m1/s1. The lowest BCUT2D eigenvalue weighted by molar-refractivity contribution is 0.233. The van der Waals surface area contributed by atoms with Crippen LogP contribution in [0.5, 0.6) is 0 Å². The van der Waals surface area contributed by atoms with E-state index in [0.717, 1.165) is 30.4 Å². The highest BCUT2D eigenvalue weighted by molar-refractivity contribution is 7.99. The van der Waals surface area contributed by atoms with E-state index < -0.39 is 8.32 Å². The van der Waals surface area contributed by atoms with Crippen molar-refractivity contribution >= 4 is 30.5 Å². The van der Waals surface area contributed by atoms with Gasteiger partial charge in [0, 0.05) is 24.8 Å². The lowest BCUT2D eigenvalue weighted by atomic mass is 10.0. The topological polar surface area (TPSA) is 35.0 Å². The monoisotopic (exact) mass is 462 g/mol. The van der Waals surface area contributed by atoms with E-state index in [0.29, 0.717) is 5.92 Å². The van der Waals surface area contributed by atoms with Crippen molar-refractivity contribution in [2.24, 2.45) is 5.92 Å². The SMILES string of the molecule is C=CC[C@H](CCSc1ncccn1)CO[Si](c1ccccc1)(c1ccccc1)C(C)(C)C. The van der Waals surface area contributed by atoms with Crippen LogP contribution in [0.25, 0.3) is 0 Å². The van der Waals surface area contributed by atoms with Gasteiger partial charge in [-0.2, -0.15) is 0 Å². The summed E-state index contributed by atoms with van der Waals surface area (Å²) in [7, 11) is -2.51. The first-order valence-electron chi connectivity index (χ1n) is 11.2. The largest absolute Gasteiger partial charge is 0.407 e. The lowest BCUT2D eigenvalue weighted by Gasteiger charge is -2.43. The number of benzene rings is 2. The van der Waals surface area contributed by atoms with E-state index in [1.54, 1.807) is 24.2 Å². The molecule has 0 radical (unpaired) electrons. The summed E-state index contributed by atoms with van der Waals surface area (Å²) in [4.78, 5) is 8.65. The molecular formula is C27H34N2OSSi. The molecule has 0 aliphatic carbocycles. The minimum Gasteiger partial charge on any atom is -0.407 e. The molecule has 5 heteroatoms. The normalized spacial score (nSPS) is 13.0. The van der Waals surface area contributed by atoms with Crippen molar-refractivity contribution < 1.29 is 4.43 Å². The van der Waals surface area contributed by atoms with Crippen LogP contribution in [-0.2, 0) is 4.43 Å². The number of hydrogen-bond donors (Lipinski definition) is 0. The maximum absolute atomic E-state index is 7.13. The third-order valence-corrected chi connectivity index (χ3v) is 11.7. The first-order valence-corrected chi connectivity index (χ1v) is 14.1. The Morgan fingerprint density at radius 2 is 1.50 bits per heavy atom. The smallest absolute Gasteiger partial charge is 0.261 e. The molecule has 0 amide bonds.